The van der Waals surface area contributed by atoms with Gasteiger partial charge in [0.2, 0.25) is 10.0 Å². The van der Waals surface area contributed by atoms with Gasteiger partial charge >= 0.3 is 6.18 Å². The maximum Gasteiger partial charge on any atom is 0.416 e. The zero-order valence-corrected chi connectivity index (χ0v) is 17.3. The second-order valence-electron chi connectivity index (χ2n) is 7.33. The van der Waals surface area contributed by atoms with Crippen molar-refractivity contribution in [3.8, 4) is 0 Å². The molecule has 0 spiro atoms. The number of nitrogens with one attached hydrogen (secondary N) is 1. The average molecular weight is 440 g/mol. The zero-order chi connectivity index (χ0) is 21.9. The molecule has 0 atom stereocenters. The third-order valence-corrected chi connectivity index (χ3v) is 7.12. The van der Waals surface area contributed by atoms with Gasteiger partial charge in [-0.1, -0.05) is 25.0 Å². The summed E-state index contributed by atoms with van der Waals surface area (Å²) in [7, 11) is -3.77. The average Bonchev–Trinajstić information content (AvgIpc) is 2.98. The summed E-state index contributed by atoms with van der Waals surface area (Å²) in [4.78, 5) is 12.6. The van der Waals surface area contributed by atoms with Gasteiger partial charge in [-0.15, -0.1) is 0 Å². The van der Waals surface area contributed by atoms with Crippen LogP contribution in [0.4, 0.5) is 18.9 Å². The minimum atomic E-state index is -4.53. The molecule has 0 unspecified atom stereocenters. The summed E-state index contributed by atoms with van der Waals surface area (Å²) in [5, 5.41) is 2.41. The lowest BCUT2D eigenvalue weighted by molar-refractivity contribution is -0.137. The molecular formula is C21H23F3N2O3S. The second-order valence-corrected chi connectivity index (χ2v) is 9.24. The van der Waals surface area contributed by atoms with Crippen molar-refractivity contribution in [3.05, 3.63) is 59.2 Å². The molecule has 0 aliphatic carbocycles. The van der Waals surface area contributed by atoms with E-state index in [1.54, 1.807) is 6.92 Å². The fourth-order valence-corrected chi connectivity index (χ4v) is 5.18. The monoisotopic (exact) mass is 440 g/mol. The number of carbonyl (C=O) groups excluding carboxylic acids is 1. The van der Waals surface area contributed by atoms with E-state index in [4.69, 9.17) is 0 Å². The number of rotatable bonds is 4. The van der Waals surface area contributed by atoms with Crippen LogP contribution in [0.1, 0.15) is 47.2 Å². The molecule has 0 saturated carbocycles. The Kier molecular flexibility index (Phi) is 6.52. The van der Waals surface area contributed by atoms with E-state index in [9.17, 15) is 26.4 Å². The van der Waals surface area contributed by atoms with E-state index in [-0.39, 0.29) is 16.1 Å². The molecular weight excluding hydrogens is 417 g/mol. The van der Waals surface area contributed by atoms with E-state index in [1.165, 1.54) is 34.6 Å². The molecule has 3 rings (SSSR count). The lowest BCUT2D eigenvalue weighted by atomic mass is 10.1. The van der Waals surface area contributed by atoms with Crippen molar-refractivity contribution in [1.82, 2.24) is 4.31 Å². The van der Waals surface area contributed by atoms with Crippen molar-refractivity contribution < 1.29 is 26.4 Å². The number of anilines is 1. The maximum atomic E-state index is 13.1. The largest absolute Gasteiger partial charge is 0.416 e. The van der Waals surface area contributed by atoms with Gasteiger partial charge in [0.1, 0.15) is 0 Å². The standard InChI is InChI=1S/C21H23F3N2O3S/c1-15-9-10-16(13-19(15)30(28,29)26-11-4-2-3-5-12-26)20(27)25-18-8-6-7-17(14-18)21(22,23)24/h6-10,13-14H,2-5,11-12H2,1H3,(H,25,27). The number of alkyl halides is 3. The predicted molar refractivity (Wildman–Crippen MR) is 108 cm³/mol. The SMILES string of the molecule is Cc1ccc(C(=O)Nc2cccc(C(F)(F)F)c2)cc1S(=O)(=O)N1CCCCCC1. The number of amides is 1. The Balaban J connectivity index is 1.87. The molecule has 1 fully saturated rings. The zero-order valence-electron chi connectivity index (χ0n) is 16.5. The molecule has 1 aliphatic rings. The van der Waals surface area contributed by atoms with Gasteiger partial charge in [-0.3, -0.25) is 4.79 Å². The first-order valence-corrected chi connectivity index (χ1v) is 11.1. The molecule has 30 heavy (non-hydrogen) atoms. The summed E-state index contributed by atoms with van der Waals surface area (Å²) in [5.74, 6) is -0.679. The van der Waals surface area contributed by atoms with Crippen LogP contribution < -0.4 is 5.32 Å². The highest BCUT2D eigenvalue weighted by Crippen LogP contribution is 2.31. The molecule has 2 aromatic carbocycles. The highest BCUT2D eigenvalue weighted by atomic mass is 32.2. The molecule has 162 valence electrons. The first-order chi connectivity index (χ1) is 14.1. The highest BCUT2D eigenvalue weighted by Gasteiger charge is 2.31. The van der Waals surface area contributed by atoms with E-state index < -0.39 is 27.7 Å². The van der Waals surface area contributed by atoms with Crippen LogP contribution in [0.25, 0.3) is 0 Å². The van der Waals surface area contributed by atoms with Gasteiger partial charge in [-0.2, -0.15) is 17.5 Å². The number of hydrogen-bond acceptors (Lipinski definition) is 3. The topological polar surface area (TPSA) is 66.5 Å². The minimum Gasteiger partial charge on any atom is -0.322 e. The molecule has 1 saturated heterocycles. The van der Waals surface area contributed by atoms with Crippen LogP contribution in [-0.4, -0.2) is 31.7 Å². The Morgan fingerprint density at radius 3 is 2.30 bits per heavy atom. The number of nitrogens with zero attached hydrogens (tertiary/aromatic N) is 1. The molecule has 9 heteroatoms. The van der Waals surface area contributed by atoms with E-state index in [1.807, 2.05) is 0 Å². The van der Waals surface area contributed by atoms with Crippen molar-refractivity contribution in [2.75, 3.05) is 18.4 Å². The first-order valence-electron chi connectivity index (χ1n) is 9.68. The molecule has 2 aromatic rings. The van der Waals surface area contributed by atoms with Crippen molar-refractivity contribution >= 4 is 21.6 Å². The smallest absolute Gasteiger partial charge is 0.322 e. The lowest BCUT2D eigenvalue weighted by Gasteiger charge is -2.21. The summed E-state index contributed by atoms with van der Waals surface area (Å²) in [5.41, 5.74) is -0.331. The first kappa shape index (κ1) is 22.3. The van der Waals surface area contributed by atoms with Gasteiger partial charge in [-0.05, 0) is 55.7 Å². The van der Waals surface area contributed by atoms with Gasteiger partial charge < -0.3 is 5.32 Å². The van der Waals surface area contributed by atoms with E-state index in [0.717, 1.165) is 37.8 Å². The quantitative estimate of drug-likeness (QED) is 0.741. The van der Waals surface area contributed by atoms with Gasteiger partial charge in [0.15, 0.2) is 0 Å². The number of carbonyl (C=O) groups is 1. The molecule has 1 amide bonds. The summed E-state index contributed by atoms with van der Waals surface area (Å²) in [6.45, 7) is 2.52. The Bertz CT molecular complexity index is 1030. The van der Waals surface area contributed by atoms with Crippen LogP contribution in [0.3, 0.4) is 0 Å². The van der Waals surface area contributed by atoms with Crippen LogP contribution in [0.15, 0.2) is 47.4 Å². The molecule has 0 radical (unpaired) electrons. The predicted octanol–water partition coefficient (Wildman–Crippen LogP) is 4.83. The van der Waals surface area contributed by atoms with Crippen LogP contribution in [0.5, 0.6) is 0 Å². The Morgan fingerprint density at radius 2 is 1.67 bits per heavy atom. The highest BCUT2D eigenvalue weighted by molar-refractivity contribution is 7.89. The van der Waals surface area contributed by atoms with Crippen LogP contribution >= 0.6 is 0 Å². The minimum absolute atomic E-state index is 0.0210. The van der Waals surface area contributed by atoms with E-state index in [2.05, 4.69) is 5.32 Å². The summed E-state index contributed by atoms with van der Waals surface area (Å²) < 4.78 is 66.3. The van der Waals surface area contributed by atoms with Gasteiger partial charge in [-0.25, -0.2) is 8.42 Å². The molecule has 0 bridgehead atoms. The van der Waals surface area contributed by atoms with E-state index in [0.29, 0.717) is 18.7 Å². The maximum absolute atomic E-state index is 13.1. The van der Waals surface area contributed by atoms with Crippen LogP contribution in [-0.2, 0) is 16.2 Å². The number of hydrogen-bond donors (Lipinski definition) is 1. The number of sulfonamides is 1. The van der Waals surface area contributed by atoms with Gasteiger partial charge in [0.25, 0.3) is 5.91 Å². The summed E-state index contributed by atoms with van der Waals surface area (Å²) in [6.07, 6.45) is -1.00. The fraction of sp³-hybridized carbons (Fsp3) is 0.381. The van der Waals surface area contributed by atoms with E-state index >= 15 is 0 Å². The third kappa shape index (κ3) is 5.02. The third-order valence-electron chi connectivity index (χ3n) is 5.08. The number of benzene rings is 2. The Labute approximate surface area is 173 Å². The molecule has 5 nitrogen and oxygen atoms in total. The molecule has 1 aliphatic heterocycles. The van der Waals surface area contributed by atoms with Crippen molar-refractivity contribution in [2.45, 2.75) is 43.7 Å². The van der Waals surface area contributed by atoms with Crippen molar-refractivity contribution in [2.24, 2.45) is 0 Å². The second kappa shape index (κ2) is 8.77. The van der Waals surface area contributed by atoms with Gasteiger partial charge in [0.05, 0.1) is 10.5 Å². The van der Waals surface area contributed by atoms with Crippen LogP contribution in [0, 0.1) is 6.92 Å². The molecule has 0 aromatic heterocycles. The fourth-order valence-electron chi connectivity index (χ4n) is 3.42. The van der Waals surface area contributed by atoms with Crippen LogP contribution in [0.2, 0.25) is 0 Å². The van der Waals surface area contributed by atoms with Crippen molar-refractivity contribution in [1.29, 1.82) is 0 Å². The number of halogens is 3. The molecule has 1 N–H and O–H groups in total. The number of aryl methyl sites for hydroxylation is 1. The lowest BCUT2D eigenvalue weighted by Crippen LogP contribution is -2.32. The Hall–Kier alpha value is -2.39. The summed E-state index contributed by atoms with van der Waals surface area (Å²) >= 11 is 0. The normalized spacial score (nSPS) is 16.1. The summed E-state index contributed by atoms with van der Waals surface area (Å²) in [6, 6.07) is 8.57. The Morgan fingerprint density at radius 1 is 1.00 bits per heavy atom. The van der Waals surface area contributed by atoms with Crippen molar-refractivity contribution in [3.63, 3.8) is 0 Å². The molecule has 1 heterocycles. The van der Waals surface area contributed by atoms with Gasteiger partial charge in [0, 0.05) is 24.3 Å².